The molecule has 8 heteroatoms. The summed E-state index contributed by atoms with van der Waals surface area (Å²) in [6.45, 7) is 9.44. The van der Waals surface area contributed by atoms with Crippen molar-refractivity contribution in [1.82, 2.24) is 9.55 Å². The number of thiophene rings is 1. The number of hydrogen-bond donors (Lipinski definition) is 1. The van der Waals surface area contributed by atoms with Gasteiger partial charge in [0, 0.05) is 10.9 Å². The van der Waals surface area contributed by atoms with Crippen LogP contribution in [0.5, 0.6) is 0 Å². The minimum absolute atomic E-state index is 0.0916. The fraction of sp³-hybridized carbons (Fsp3) is 0.350. The number of carbonyl (C=O) groups excluding carboxylic acids is 1. The smallest absolute Gasteiger partial charge is 0.263 e. The van der Waals surface area contributed by atoms with Crippen molar-refractivity contribution in [2.75, 3.05) is 5.32 Å². The van der Waals surface area contributed by atoms with Crippen LogP contribution in [0.3, 0.4) is 0 Å². The molecule has 0 saturated heterocycles. The van der Waals surface area contributed by atoms with Gasteiger partial charge >= 0.3 is 0 Å². The van der Waals surface area contributed by atoms with Gasteiger partial charge < -0.3 is 5.32 Å². The molecule has 0 saturated carbocycles. The molecule has 0 aliphatic heterocycles. The number of carbonyl (C=O) groups is 1. The molecule has 3 rings (SSSR count). The zero-order valence-corrected chi connectivity index (χ0v) is 18.0. The number of thioether (sulfide) groups is 1. The first kappa shape index (κ1) is 20.5. The van der Waals surface area contributed by atoms with Crippen LogP contribution in [0.15, 0.2) is 34.2 Å². The zero-order chi connectivity index (χ0) is 20.6. The van der Waals surface area contributed by atoms with E-state index in [0.29, 0.717) is 15.4 Å². The monoisotopic (exact) mass is 419 g/mol. The molecule has 2 heterocycles. The average Bonchev–Trinajstić information content (AvgIpc) is 2.90. The van der Waals surface area contributed by atoms with E-state index in [1.807, 2.05) is 27.7 Å². The molecule has 2 aromatic heterocycles. The first-order valence-corrected chi connectivity index (χ1v) is 10.6. The first-order chi connectivity index (χ1) is 13.2. The second-order valence-electron chi connectivity index (χ2n) is 6.86. The van der Waals surface area contributed by atoms with Crippen molar-refractivity contribution in [3.8, 4) is 0 Å². The molecule has 1 atom stereocenters. The van der Waals surface area contributed by atoms with Gasteiger partial charge in [0.2, 0.25) is 5.91 Å². The Balaban J connectivity index is 1.94. The van der Waals surface area contributed by atoms with Gasteiger partial charge in [-0.05, 0) is 52.3 Å². The Morgan fingerprint density at radius 3 is 2.57 bits per heavy atom. The fourth-order valence-electron chi connectivity index (χ4n) is 2.83. The summed E-state index contributed by atoms with van der Waals surface area (Å²) in [5, 5.41) is 3.17. The second-order valence-corrected chi connectivity index (χ2v) is 9.37. The Bertz CT molecular complexity index is 1100. The molecule has 0 bridgehead atoms. The number of benzene rings is 1. The molecule has 0 aliphatic carbocycles. The summed E-state index contributed by atoms with van der Waals surface area (Å²) in [6.07, 6.45) is 0. The molecule has 1 amide bonds. The third-order valence-corrected chi connectivity index (χ3v) is 6.67. The number of hydrogen-bond acceptors (Lipinski definition) is 5. The highest BCUT2D eigenvalue weighted by atomic mass is 32.2. The molecule has 1 aromatic carbocycles. The van der Waals surface area contributed by atoms with E-state index >= 15 is 0 Å². The third-order valence-electron chi connectivity index (χ3n) is 4.50. The van der Waals surface area contributed by atoms with Gasteiger partial charge in [0.1, 0.15) is 10.6 Å². The molecular weight excluding hydrogens is 397 g/mol. The number of amides is 1. The lowest BCUT2D eigenvalue weighted by Gasteiger charge is -2.18. The lowest BCUT2D eigenvalue weighted by molar-refractivity contribution is -0.115. The van der Waals surface area contributed by atoms with Gasteiger partial charge in [-0.2, -0.15) is 0 Å². The maximum Gasteiger partial charge on any atom is 0.263 e. The summed E-state index contributed by atoms with van der Waals surface area (Å²) in [4.78, 5) is 32.0. The van der Waals surface area contributed by atoms with E-state index in [0.717, 1.165) is 10.4 Å². The highest BCUT2D eigenvalue weighted by molar-refractivity contribution is 8.00. The van der Waals surface area contributed by atoms with Gasteiger partial charge in [-0.1, -0.05) is 23.9 Å². The minimum atomic E-state index is -0.559. The quantitative estimate of drug-likeness (QED) is 0.471. The van der Waals surface area contributed by atoms with Crippen LogP contribution in [0.2, 0.25) is 0 Å². The topological polar surface area (TPSA) is 64.0 Å². The highest BCUT2D eigenvalue weighted by Gasteiger charge is 2.23. The van der Waals surface area contributed by atoms with Crippen LogP contribution in [0.1, 0.15) is 37.3 Å². The van der Waals surface area contributed by atoms with E-state index in [1.54, 1.807) is 23.6 Å². The number of fused-ring (bicyclic) bond motifs is 1. The van der Waals surface area contributed by atoms with Crippen molar-refractivity contribution in [3.05, 3.63) is 50.9 Å². The molecule has 28 heavy (non-hydrogen) atoms. The van der Waals surface area contributed by atoms with E-state index in [1.165, 1.54) is 35.2 Å². The van der Waals surface area contributed by atoms with Gasteiger partial charge in [0.05, 0.1) is 16.3 Å². The highest BCUT2D eigenvalue weighted by Crippen LogP contribution is 2.31. The summed E-state index contributed by atoms with van der Waals surface area (Å²) in [5.41, 5.74) is 0.994. The lowest BCUT2D eigenvalue weighted by Crippen LogP contribution is -2.28. The van der Waals surface area contributed by atoms with Crippen molar-refractivity contribution < 1.29 is 9.18 Å². The van der Waals surface area contributed by atoms with Crippen LogP contribution in [-0.4, -0.2) is 20.7 Å². The number of aryl methyl sites for hydroxylation is 2. The zero-order valence-electron chi connectivity index (χ0n) is 16.4. The Morgan fingerprint density at radius 1 is 1.25 bits per heavy atom. The molecule has 5 nitrogen and oxygen atoms in total. The number of nitrogens with zero attached hydrogens (tertiary/aromatic N) is 2. The Hall–Kier alpha value is -2.19. The third kappa shape index (κ3) is 3.84. The summed E-state index contributed by atoms with van der Waals surface area (Å²) in [5.74, 6) is -0.838. The van der Waals surface area contributed by atoms with Crippen LogP contribution in [0, 0.1) is 19.7 Å². The van der Waals surface area contributed by atoms with Crippen molar-refractivity contribution in [1.29, 1.82) is 0 Å². The molecule has 1 N–H and O–H groups in total. The van der Waals surface area contributed by atoms with Crippen LogP contribution >= 0.6 is 23.1 Å². The summed E-state index contributed by atoms with van der Waals surface area (Å²) in [7, 11) is 0. The van der Waals surface area contributed by atoms with Gasteiger partial charge in [-0.15, -0.1) is 11.3 Å². The van der Waals surface area contributed by atoms with Gasteiger partial charge in [-0.25, -0.2) is 9.37 Å². The number of anilines is 1. The first-order valence-electron chi connectivity index (χ1n) is 8.95. The van der Waals surface area contributed by atoms with Crippen LogP contribution in [0.25, 0.3) is 10.2 Å². The van der Waals surface area contributed by atoms with E-state index < -0.39 is 11.1 Å². The van der Waals surface area contributed by atoms with Gasteiger partial charge in [0.15, 0.2) is 5.16 Å². The number of halogens is 1. The van der Waals surface area contributed by atoms with Crippen LogP contribution in [0.4, 0.5) is 10.1 Å². The van der Waals surface area contributed by atoms with Crippen molar-refractivity contribution in [2.24, 2.45) is 0 Å². The molecule has 0 fully saturated rings. The Morgan fingerprint density at radius 2 is 1.93 bits per heavy atom. The summed E-state index contributed by atoms with van der Waals surface area (Å²) < 4.78 is 15.4. The lowest BCUT2D eigenvalue weighted by atomic mass is 10.2. The number of aromatic nitrogens is 2. The van der Waals surface area contributed by atoms with Crippen molar-refractivity contribution in [3.63, 3.8) is 0 Å². The molecule has 0 spiro atoms. The van der Waals surface area contributed by atoms with Crippen LogP contribution in [-0.2, 0) is 4.79 Å². The fourth-order valence-corrected chi connectivity index (χ4v) is 4.95. The number of nitrogens with one attached hydrogen (secondary N) is 1. The number of para-hydroxylation sites is 1. The van der Waals surface area contributed by atoms with Gasteiger partial charge in [-0.3, -0.25) is 14.2 Å². The summed E-state index contributed by atoms with van der Waals surface area (Å²) in [6, 6.07) is 5.92. The van der Waals surface area contributed by atoms with Crippen molar-refractivity contribution in [2.45, 2.75) is 51.1 Å². The summed E-state index contributed by atoms with van der Waals surface area (Å²) >= 11 is 2.68. The van der Waals surface area contributed by atoms with E-state index in [-0.39, 0.29) is 23.2 Å². The van der Waals surface area contributed by atoms with E-state index in [4.69, 9.17) is 0 Å². The van der Waals surface area contributed by atoms with Gasteiger partial charge in [0.25, 0.3) is 5.56 Å². The second kappa shape index (κ2) is 8.05. The molecule has 3 aromatic rings. The number of rotatable bonds is 5. The predicted molar refractivity (Wildman–Crippen MR) is 114 cm³/mol. The molecular formula is C20H22FN3O2S2. The van der Waals surface area contributed by atoms with Crippen molar-refractivity contribution >= 4 is 44.9 Å². The minimum Gasteiger partial charge on any atom is -0.323 e. The predicted octanol–water partition coefficient (Wildman–Crippen LogP) is 4.91. The maximum atomic E-state index is 13.8. The standard InChI is InChI=1S/C20H22FN3O2S2/c1-10(2)24-19(26)16-11(3)12(4)27-18(16)23-20(24)28-13(5)17(25)22-15-9-7-6-8-14(15)21/h6-10,13H,1-5H3,(H,22,25)/t13-/m0/s1. The van der Waals surface area contributed by atoms with Crippen LogP contribution < -0.4 is 10.9 Å². The average molecular weight is 420 g/mol. The normalized spacial score (nSPS) is 12.5. The largest absolute Gasteiger partial charge is 0.323 e. The SMILES string of the molecule is Cc1sc2nc(S[C@@H](C)C(=O)Nc3ccccc3F)n(C(C)C)c(=O)c2c1C. The van der Waals surface area contributed by atoms with E-state index in [9.17, 15) is 14.0 Å². The molecule has 0 aliphatic rings. The van der Waals surface area contributed by atoms with E-state index in [2.05, 4.69) is 10.3 Å². The Labute approximate surface area is 171 Å². The molecule has 148 valence electrons. The molecule has 0 unspecified atom stereocenters. The Kier molecular flexibility index (Phi) is 5.90. The maximum absolute atomic E-state index is 13.8. The molecule has 0 radical (unpaired) electrons.